The zero-order chi connectivity index (χ0) is 14.0. The number of fused-ring (bicyclic) bond motifs is 1. The Bertz CT molecular complexity index is 480. The van der Waals surface area contributed by atoms with Crippen molar-refractivity contribution in [2.75, 3.05) is 0 Å². The Balaban J connectivity index is 2.42. The number of aromatic carboxylic acids is 1. The average Bonchev–Trinajstić information content (AvgIpc) is 2.53. The monoisotopic (exact) mass is 276 g/mol. The van der Waals surface area contributed by atoms with Gasteiger partial charge in [-0.05, 0) is 19.3 Å². The highest BCUT2D eigenvalue weighted by Gasteiger charge is 2.34. The van der Waals surface area contributed by atoms with E-state index in [-0.39, 0.29) is 11.3 Å². The second-order valence-electron chi connectivity index (χ2n) is 4.75. The van der Waals surface area contributed by atoms with Crippen LogP contribution >= 0.6 is 0 Å². The summed E-state index contributed by atoms with van der Waals surface area (Å²) in [6, 6.07) is 0. The van der Waals surface area contributed by atoms with Crippen LogP contribution in [0.15, 0.2) is 0 Å². The van der Waals surface area contributed by atoms with E-state index in [1.807, 2.05) is 0 Å². The Morgan fingerprint density at radius 3 is 2.58 bits per heavy atom. The molecule has 1 N–H and O–H groups in total. The first-order valence-electron chi connectivity index (χ1n) is 6.27. The predicted molar refractivity (Wildman–Crippen MR) is 61.1 cm³/mol. The zero-order valence-corrected chi connectivity index (χ0v) is 10.3. The maximum atomic E-state index is 12.5. The van der Waals surface area contributed by atoms with Crippen molar-refractivity contribution in [3.63, 3.8) is 0 Å². The van der Waals surface area contributed by atoms with Gasteiger partial charge in [0.1, 0.15) is 5.56 Å². The first-order chi connectivity index (χ1) is 8.88. The van der Waals surface area contributed by atoms with Gasteiger partial charge in [0.05, 0.1) is 17.8 Å². The summed E-state index contributed by atoms with van der Waals surface area (Å²) < 4.78 is 38.9. The van der Waals surface area contributed by atoms with Crippen LogP contribution in [0.5, 0.6) is 0 Å². The number of nitrogens with zero attached hydrogens (tertiary/aromatic N) is 2. The topological polar surface area (TPSA) is 55.1 Å². The molecule has 2 rings (SSSR count). The summed E-state index contributed by atoms with van der Waals surface area (Å²) in [6.07, 6.45) is -1.67. The van der Waals surface area contributed by atoms with E-state index in [1.54, 1.807) is 0 Å². The van der Waals surface area contributed by atoms with E-state index >= 15 is 0 Å². The molecular weight excluding hydrogens is 261 g/mol. The number of carbonyl (C=O) groups is 1. The SMILES string of the molecule is O=C(O)c1c(CC(F)(F)F)nn2c1CCCCCC2. The molecule has 7 heteroatoms. The van der Waals surface area contributed by atoms with Crippen molar-refractivity contribution in [2.24, 2.45) is 0 Å². The minimum atomic E-state index is -4.44. The summed E-state index contributed by atoms with van der Waals surface area (Å²) in [6.45, 7) is 0.494. The van der Waals surface area contributed by atoms with E-state index in [4.69, 9.17) is 5.11 Å². The van der Waals surface area contributed by atoms with Gasteiger partial charge < -0.3 is 5.11 Å². The molecular formula is C12H15F3N2O2. The van der Waals surface area contributed by atoms with Crippen LogP contribution in [0, 0.1) is 0 Å². The molecule has 0 atom stereocenters. The van der Waals surface area contributed by atoms with Gasteiger partial charge >= 0.3 is 12.1 Å². The highest BCUT2D eigenvalue weighted by Crippen LogP contribution is 2.27. The van der Waals surface area contributed by atoms with Crippen molar-refractivity contribution in [1.29, 1.82) is 0 Å². The Morgan fingerprint density at radius 2 is 1.95 bits per heavy atom. The van der Waals surface area contributed by atoms with Crippen LogP contribution in [0.3, 0.4) is 0 Å². The van der Waals surface area contributed by atoms with Gasteiger partial charge in [-0.2, -0.15) is 18.3 Å². The third-order valence-corrected chi connectivity index (χ3v) is 3.25. The lowest BCUT2D eigenvalue weighted by Gasteiger charge is -2.11. The molecule has 0 saturated heterocycles. The van der Waals surface area contributed by atoms with Crippen LogP contribution in [0.1, 0.15) is 47.4 Å². The minimum absolute atomic E-state index is 0.251. The molecule has 1 aromatic heterocycles. The van der Waals surface area contributed by atoms with Crippen LogP contribution in [-0.4, -0.2) is 27.0 Å². The molecule has 0 spiro atoms. The number of hydrogen-bond donors (Lipinski definition) is 1. The van der Waals surface area contributed by atoms with Crippen LogP contribution < -0.4 is 0 Å². The fraction of sp³-hybridized carbons (Fsp3) is 0.667. The van der Waals surface area contributed by atoms with Crippen molar-refractivity contribution in [2.45, 2.75) is 51.2 Å². The second kappa shape index (κ2) is 5.22. The minimum Gasteiger partial charge on any atom is -0.478 e. The van der Waals surface area contributed by atoms with Gasteiger partial charge in [0.25, 0.3) is 0 Å². The average molecular weight is 276 g/mol. The molecule has 0 unspecified atom stereocenters. The largest absolute Gasteiger partial charge is 0.478 e. The van der Waals surface area contributed by atoms with Crippen LogP contribution in [-0.2, 0) is 19.4 Å². The maximum Gasteiger partial charge on any atom is 0.394 e. The smallest absolute Gasteiger partial charge is 0.394 e. The third kappa shape index (κ3) is 3.27. The Morgan fingerprint density at radius 1 is 1.26 bits per heavy atom. The lowest BCUT2D eigenvalue weighted by molar-refractivity contribution is -0.127. The summed E-state index contributed by atoms with van der Waals surface area (Å²) in [5.41, 5.74) is -0.178. The molecule has 0 amide bonds. The first-order valence-corrected chi connectivity index (χ1v) is 6.27. The second-order valence-corrected chi connectivity index (χ2v) is 4.75. The molecule has 19 heavy (non-hydrogen) atoms. The molecule has 0 bridgehead atoms. The highest BCUT2D eigenvalue weighted by atomic mass is 19.4. The van der Waals surface area contributed by atoms with E-state index < -0.39 is 18.6 Å². The zero-order valence-electron chi connectivity index (χ0n) is 10.3. The fourth-order valence-corrected chi connectivity index (χ4v) is 2.46. The standard InChI is InChI=1S/C12H15F3N2O2/c13-12(14,15)7-8-10(11(18)19)9-5-3-1-2-4-6-17(9)16-8/h1-7H2,(H,18,19). The number of aromatic nitrogens is 2. The number of hydrogen-bond acceptors (Lipinski definition) is 2. The van der Waals surface area contributed by atoms with Gasteiger partial charge in [-0.25, -0.2) is 4.79 Å². The van der Waals surface area contributed by atoms with Crippen LogP contribution in [0.25, 0.3) is 0 Å². The number of rotatable bonds is 2. The number of alkyl halides is 3. The van der Waals surface area contributed by atoms with E-state index in [2.05, 4.69) is 5.10 Å². The lowest BCUT2D eigenvalue weighted by atomic mass is 10.0. The van der Waals surface area contributed by atoms with E-state index in [1.165, 1.54) is 4.68 Å². The molecule has 1 aliphatic heterocycles. The Labute approximate surface area is 108 Å². The van der Waals surface area contributed by atoms with Gasteiger partial charge in [-0.15, -0.1) is 0 Å². The molecule has 4 nitrogen and oxygen atoms in total. The number of carboxylic acids is 1. The van der Waals surface area contributed by atoms with Crippen molar-refractivity contribution in [1.82, 2.24) is 9.78 Å². The predicted octanol–water partition coefficient (Wildman–Crippen LogP) is 2.80. The summed E-state index contributed by atoms with van der Waals surface area (Å²) in [5, 5.41) is 13.0. The third-order valence-electron chi connectivity index (χ3n) is 3.25. The Hall–Kier alpha value is -1.53. The van der Waals surface area contributed by atoms with Crippen molar-refractivity contribution < 1.29 is 23.1 Å². The van der Waals surface area contributed by atoms with E-state index in [0.717, 1.165) is 25.7 Å². The molecule has 0 aromatic carbocycles. The molecule has 0 radical (unpaired) electrons. The maximum absolute atomic E-state index is 12.5. The molecule has 2 heterocycles. The van der Waals surface area contributed by atoms with Gasteiger partial charge in [-0.3, -0.25) is 4.68 Å². The summed E-state index contributed by atoms with van der Waals surface area (Å²) in [4.78, 5) is 11.2. The van der Waals surface area contributed by atoms with Crippen molar-refractivity contribution in [3.8, 4) is 0 Å². The molecule has 0 fully saturated rings. The quantitative estimate of drug-likeness (QED) is 0.903. The van der Waals surface area contributed by atoms with Crippen molar-refractivity contribution in [3.05, 3.63) is 17.0 Å². The summed E-state index contributed by atoms with van der Waals surface area (Å²) in [7, 11) is 0. The molecule has 1 aliphatic rings. The lowest BCUT2D eigenvalue weighted by Crippen LogP contribution is -2.15. The van der Waals surface area contributed by atoms with Crippen molar-refractivity contribution >= 4 is 5.97 Å². The van der Waals surface area contributed by atoms with E-state index in [9.17, 15) is 18.0 Å². The van der Waals surface area contributed by atoms with Crippen LogP contribution in [0.2, 0.25) is 0 Å². The molecule has 106 valence electrons. The molecule has 0 saturated carbocycles. The fourth-order valence-electron chi connectivity index (χ4n) is 2.46. The number of halogens is 3. The van der Waals surface area contributed by atoms with Gasteiger partial charge in [-0.1, -0.05) is 12.8 Å². The summed E-state index contributed by atoms with van der Waals surface area (Å²) in [5.74, 6) is -1.32. The van der Waals surface area contributed by atoms with Crippen LogP contribution in [0.4, 0.5) is 13.2 Å². The summed E-state index contributed by atoms with van der Waals surface area (Å²) >= 11 is 0. The number of aryl methyl sites for hydroxylation is 1. The van der Waals surface area contributed by atoms with Gasteiger partial charge in [0, 0.05) is 6.54 Å². The highest BCUT2D eigenvalue weighted by molar-refractivity contribution is 5.90. The number of carboxylic acid groups (broad SMARTS) is 1. The molecule has 0 aliphatic carbocycles. The normalized spacial score (nSPS) is 16.6. The molecule has 1 aromatic rings. The Kier molecular flexibility index (Phi) is 3.82. The van der Waals surface area contributed by atoms with Gasteiger partial charge in [0.15, 0.2) is 0 Å². The van der Waals surface area contributed by atoms with Gasteiger partial charge in [0.2, 0.25) is 0 Å². The van der Waals surface area contributed by atoms with E-state index in [0.29, 0.717) is 18.7 Å². The first kappa shape index (κ1) is 13.9.